The molecule has 0 spiro atoms. The van der Waals surface area contributed by atoms with Gasteiger partial charge in [-0.05, 0) is 6.92 Å². The van der Waals surface area contributed by atoms with Crippen molar-refractivity contribution in [2.75, 3.05) is 33.4 Å². The van der Waals surface area contributed by atoms with Crippen molar-refractivity contribution in [3.8, 4) is 0 Å². The van der Waals surface area contributed by atoms with Crippen LogP contribution in [-0.2, 0) is 14.3 Å². The van der Waals surface area contributed by atoms with Crippen molar-refractivity contribution >= 4 is 5.97 Å². The number of methoxy groups -OCH3 is 1. The van der Waals surface area contributed by atoms with Crippen LogP contribution in [-0.4, -0.2) is 44.4 Å². The van der Waals surface area contributed by atoms with Crippen molar-refractivity contribution in [3.63, 3.8) is 0 Å². The van der Waals surface area contributed by atoms with Gasteiger partial charge < -0.3 is 14.9 Å². The Kier molecular flexibility index (Phi) is 4.42. The quantitative estimate of drug-likeness (QED) is 0.509. The van der Waals surface area contributed by atoms with E-state index in [4.69, 9.17) is 4.74 Å². The number of allylic oxidation sites excluding steroid dienone is 1. The number of nitrogens with zero attached hydrogens (tertiary/aromatic N) is 1. The van der Waals surface area contributed by atoms with Crippen LogP contribution in [0.15, 0.2) is 11.8 Å². The maximum atomic E-state index is 10.9. The Labute approximate surface area is 83.6 Å². The van der Waals surface area contributed by atoms with E-state index in [1.807, 2.05) is 11.9 Å². The Bertz CT molecular complexity index is 222. The number of morpholine rings is 1. The Morgan fingerprint density at radius 2 is 2.14 bits per heavy atom. The van der Waals surface area contributed by atoms with Crippen LogP contribution in [0.3, 0.4) is 0 Å². The fourth-order valence-corrected chi connectivity index (χ4v) is 1.19. The van der Waals surface area contributed by atoms with E-state index in [0.717, 1.165) is 32.0 Å². The standard InChI is InChI=1S/C9H16N2O3/c1-8(7-9(12)13-2)10-11-3-5-14-6-4-11/h7,10H,3-6H2,1-2H3/b8-7-. The first-order valence-corrected chi connectivity index (χ1v) is 4.58. The summed E-state index contributed by atoms with van der Waals surface area (Å²) in [5.41, 5.74) is 3.87. The highest BCUT2D eigenvalue weighted by atomic mass is 16.5. The van der Waals surface area contributed by atoms with Crippen molar-refractivity contribution in [3.05, 3.63) is 11.8 Å². The van der Waals surface area contributed by atoms with Gasteiger partial charge in [-0.3, -0.25) is 0 Å². The number of hydrazine groups is 1. The Balaban J connectivity index is 2.34. The second-order valence-electron chi connectivity index (χ2n) is 3.06. The zero-order chi connectivity index (χ0) is 10.4. The van der Waals surface area contributed by atoms with E-state index >= 15 is 0 Å². The van der Waals surface area contributed by atoms with Crippen LogP contribution in [0.4, 0.5) is 0 Å². The van der Waals surface area contributed by atoms with Crippen LogP contribution in [0, 0.1) is 0 Å². The minimum absolute atomic E-state index is 0.344. The number of hydrogen-bond donors (Lipinski definition) is 1. The normalized spacial score (nSPS) is 19.1. The molecule has 14 heavy (non-hydrogen) atoms. The summed E-state index contributed by atoms with van der Waals surface area (Å²) in [6, 6.07) is 0. The second kappa shape index (κ2) is 5.62. The summed E-state index contributed by atoms with van der Waals surface area (Å²) >= 11 is 0. The van der Waals surface area contributed by atoms with Gasteiger partial charge in [-0.15, -0.1) is 0 Å². The van der Waals surface area contributed by atoms with E-state index in [1.165, 1.54) is 13.2 Å². The van der Waals surface area contributed by atoms with Crippen LogP contribution in [0.1, 0.15) is 6.92 Å². The molecule has 1 saturated heterocycles. The van der Waals surface area contributed by atoms with E-state index in [9.17, 15) is 4.79 Å². The highest BCUT2D eigenvalue weighted by molar-refractivity contribution is 5.82. The lowest BCUT2D eigenvalue weighted by Crippen LogP contribution is -2.44. The smallest absolute Gasteiger partial charge is 0.332 e. The maximum absolute atomic E-state index is 10.9. The third-order valence-corrected chi connectivity index (χ3v) is 1.88. The number of esters is 1. The highest BCUT2D eigenvalue weighted by Gasteiger charge is 2.09. The fourth-order valence-electron chi connectivity index (χ4n) is 1.19. The van der Waals surface area contributed by atoms with Gasteiger partial charge in [0, 0.05) is 24.9 Å². The summed E-state index contributed by atoms with van der Waals surface area (Å²) in [4.78, 5) is 10.9. The third-order valence-electron chi connectivity index (χ3n) is 1.88. The molecule has 0 aromatic rings. The first-order valence-electron chi connectivity index (χ1n) is 4.58. The number of nitrogens with one attached hydrogen (secondary N) is 1. The highest BCUT2D eigenvalue weighted by Crippen LogP contribution is 1.96. The number of carbonyl (C=O) groups excluding carboxylic acids is 1. The number of carbonyl (C=O) groups is 1. The molecule has 5 nitrogen and oxygen atoms in total. The Hall–Kier alpha value is -1.07. The van der Waals surface area contributed by atoms with Crippen molar-refractivity contribution < 1.29 is 14.3 Å². The van der Waals surface area contributed by atoms with E-state index in [2.05, 4.69) is 10.2 Å². The van der Waals surface area contributed by atoms with E-state index in [0.29, 0.717) is 0 Å². The minimum Gasteiger partial charge on any atom is -0.466 e. The molecule has 1 N–H and O–H groups in total. The predicted octanol–water partition coefficient (Wildman–Crippen LogP) is -0.100. The summed E-state index contributed by atoms with van der Waals surface area (Å²) in [5, 5.41) is 2.01. The van der Waals surface area contributed by atoms with E-state index in [1.54, 1.807) is 0 Å². The monoisotopic (exact) mass is 200 g/mol. The fraction of sp³-hybridized carbons (Fsp3) is 0.667. The topological polar surface area (TPSA) is 50.8 Å². The summed E-state index contributed by atoms with van der Waals surface area (Å²) in [7, 11) is 1.36. The average Bonchev–Trinajstić information content (AvgIpc) is 2.19. The Morgan fingerprint density at radius 3 is 2.71 bits per heavy atom. The number of ether oxygens (including phenoxy) is 2. The molecule has 0 unspecified atom stereocenters. The molecule has 0 amide bonds. The van der Waals surface area contributed by atoms with Gasteiger partial charge in [0.05, 0.1) is 20.3 Å². The molecule has 1 aliphatic heterocycles. The lowest BCUT2D eigenvalue weighted by Gasteiger charge is -2.28. The average molecular weight is 200 g/mol. The largest absolute Gasteiger partial charge is 0.466 e. The molecule has 1 heterocycles. The summed E-state index contributed by atoms with van der Waals surface area (Å²) < 4.78 is 9.70. The zero-order valence-corrected chi connectivity index (χ0v) is 8.58. The van der Waals surface area contributed by atoms with E-state index in [-0.39, 0.29) is 5.97 Å². The summed E-state index contributed by atoms with van der Waals surface area (Å²) in [6.45, 7) is 4.92. The molecule has 1 aliphatic rings. The number of rotatable bonds is 3. The lowest BCUT2D eigenvalue weighted by molar-refractivity contribution is -0.134. The van der Waals surface area contributed by atoms with Crippen LogP contribution in [0.2, 0.25) is 0 Å². The Morgan fingerprint density at radius 1 is 1.50 bits per heavy atom. The molecule has 80 valence electrons. The molecule has 0 aliphatic carbocycles. The second-order valence-corrected chi connectivity index (χ2v) is 3.06. The van der Waals surface area contributed by atoms with Gasteiger partial charge in [0.2, 0.25) is 0 Å². The number of hydrogen-bond acceptors (Lipinski definition) is 5. The van der Waals surface area contributed by atoms with Crippen molar-refractivity contribution in [2.45, 2.75) is 6.92 Å². The molecule has 5 heteroatoms. The van der Waals surface area contributed by atoms with Gasteiger partial charge in [-0.25, -0.2) is 9.80 Å². The minimum atomic E-state index is -0.344. The van der Waals surface area contributed by atoms with Gasteiger partial charge in [0.15, 0.2) is 0 Å². The van der Waals surface area contributed by atoms with Gasteiger partial charge >= 0.3 is 5.97 Å². The third kappa shape index (κ3) is 3.76. The SMILES string of the molecule is COC(=O)/C=C(/C)NN1CCOCC1. The molecule has 0 bridgehead atoms. The van der Waals surface area contributed by atoms with Crippen LogP contribution in [0.25, 0.3) is 0 Å². The van der Waals surface area contributed by atoms with Crippen molar-refractivity contribution in [1.82, 2.24) is 10.4 Å². The molecule has 0 atom stereocenters. The lowest BCUT2D eigenvalue weighted by atomic mass is 10.4. The van der Waals surface area contributed by atoms with Crippen LogP contribution in [0.5, 0.6) is 0 Å². The predicted molar refractivity (Wildman–Crippen MR) is 51.3 cm³/mol. The zero-order valence-electron chi connectivity index (χ0n) is 8.58. The van der Waals surface area contributed by atoms with E-state index < -0.39 is 0 Å². The van der Waals surface area contributed by atoms with Gasteiger partial charge in [0.25, 0.3) is 0 Å². The maximum Gasteiger partial charge on any atom is 0.332 e. The first-order chi connectivity index (χ1) is 6.72. The molecular weight excluding hydrogens is 184 g/mol. The summed E-state index contributed by atoms with van der Waals surface area (Å²) in [6.07, 6.45) is 1.43. The first kappa shape index (κ1) is 11.0. The molecular formula is C9H16N2O3. The molecule has 0 radical (unpaired) electrons. The summed E-state index contributed by atoms with van der Waals surface area (Å²) in [5.74, 6) is -0.344. The molecule has 1 rings (SSSR count). The van der Waals surface area contributed by atoms with Gasteiger partial charge in [0.1, 0.15) is 0 Å². The van der Waals surface area contributed by atoms with Gasteiger partial charge in [-0.2, -0.15) is 0 Å². The molecule has 0 aromatic carbocycles. The molecule has 0 aromatic heterocycles. The molecule has 1 fully saturated rings. The van der Waals surface area contributed by atoms with Crippen LogP contribution < -0.4 is 5.43 Å². The van der Waals surface area contributed by atoms with Crippen molar-refractivity contribution in [1.29, 1.82) is 0 Å². The van der Waals surface area contributed by atoms with Gasteiger partial charge in [-0.1, -0.05) is 0 Å². The molecule has 0 saturated carbocycles. The van der Waals surface area contributed by atoms with Crippen LogP contribution >= 0.6 is 0 Å². The van der Waals surface area contributed by atoms with Crippen molar-refractivity contribution in [2.24, 2.45) is 0 Å².